The highest BCUT2D eigenvalue weighted by Crippen LogP contribution is 2.38. The summed E-state index contributed by atoms with van der Waals surface area (Å²) in [6.07, 6.45) is 5.23. The molecule has 1 aliphatic carbocycles. The lowest BCUT2D eigenvalue weighted by Crippen LogP contribution is -2.55. The Labute approximate surface area is 126 Å². The van der Waals surface area contributed by atoms with Crippen LogP contribution >= 0.6 is 0 Å². The van der Waals surface area contributed by atoms with Gasteiger partial charge in [0.2, 0.25) is 0 Å². The van der Waals surface area contributed by atoms with Crippen molar-refractivity contribution in [3.63, 3.8) is 0 Å². The van der Waals surface area contributed by atoms with E-state index in [9.17, 15) is 0 Å². The van der Waals surface area contributed by atoms with Crippen LogP contribution in [0, 0.1) is 0 Å². The van der Waals surface area contributed by atoms with Crippen molar-refractivity contribution in [1.82, 2.24) is 9.55 Å². The normalized spacial score (nSPS) is 18.6. The molecule has 1 fully saturated rings. The van der Waals surface area contributed by atoms with Gasteiger partial charge in [-0.25, -0.2) is 4.98 Å². The van der Waals surface area contributed by atoms with Crippen LogP contribution in [-0.4, -0.2) is 28.3 Å². The number of nitrogens with two attached hydrogens (primary N) is 1. The largest absolute Gasteiger partial charge is 0.377 e. The molecule has 114 valence electrons. The fourth-order valence-corrected chi connectivity index (χ4v) is 3.39. The van der Waals surface area contributed by atoms with Crippen LogP contribution in [0.15, 0.2) is 24.3 Å². The third kappa shape index (κ3) is 2.47. The van der Waals surface area contributed by atoms with Gasteiger partial charge in [-0.05, 0) is 37.8 Å². The lowest BCUT2D eigenvalue weighted by Gasteiger charge is -2.44. The summed E-state index contributed by atoms with van der Waals surface area (Å²) in [7, 11) is 1.79. The Kier molecular flexibility index (Phi) is 4.00. The van der Waals surface area contributed by atoms with Crippen LogP contribution in [0.2, 0.25) is 0 Å². The van der Waals surface area contributed by atoms with Crippen LogP contribution in [0.5, 0.6) is 0 Å². The summed E-state index contributed by atoms with van der Waals surface area (Å²) < 4.78 is 8.04. The molecule has 3 rings (SSSR count). The summed E-state index contributed by atoms with van der Waals surface area (Å²) in [6.45, 7) is 3.18. The molecule has 21 heavy (non-hydrogen) atoms. The number of hydrogen-bond acceptors (Lipinski definition) is 3. The van der Waals surface area contributed by atoms with Crippen molar-refractivity contribution in [1.29, 1.82) is 0 Å². The van der Waals surface area contributed by atoms with E-state index in [1.54, 1.807) is 7.11 Å². The molecule has 0 bridgehead atoms. The van der Waals surface area contributed by atoms with Gasteiger partial charge in [-0.15, -0.1) is 0 Å². The first-order chi connectivity index (χ1) is 10.2. The number of ether oxygens (including phenoxy) is 1. The molecule has 1 aromatic heterocycles. The van der Waals surface area contributed by atoms with Gasteiger partial charge >= 0.3 is 0 Å². The van der Waals surface area contributed by atoms with E-state index in [2.05, 4.69) is 29.7 Å². The molecule has 4 heteroatoms. The highest BCUT2D eigenvalue weighted by atomic mass is 16.5. The molecule has 2 N–H and O–H groups in total. The highest BCUT2D eigenvalue weighted by molar-refractivity contribution is 5.75. The average molecular weight is 287 g/mol. The minimum absolute atomic E-state index is 0.0173. The number of benzene rings is 1. The van der Waals surface area contributed by atoms with Crippen LogP contribution in [0.3, 0.4) is 0 Å². The molecular formula is C17H25N3O. The minimum Gasteiger partial charge on any atom is -0.377 e. The molecule has 1 aliphatic rings. The van der Waals surface area contributed by atoms with Gasteiger partial charge in [-0.3, -0.25) is 0 Å². The number of hydrogen-bond donors (Lipinski definition) is 1. The summed E-state index contributed by atoms with van der Waals surface area (Å²) in [4.78, 5) is 4.80. The summed E-state index contributed by atoms with van der Waals surface area (Å²) in [5.41, 5.74) is 8.61. The van der Waals surface area contributed by atoms with E-state index in [0.29, 0.717) is 0 Å². The van der Waals surface area contributed by atoms with E-state index in [0.717, 1.165) is 43.6 Å². The summed E-state index contributed by atoms with van der Waals surface area (Å²) in [5, 5.41) is 0. The smallest absolute Gasteiger partial charge is 0.111 e. The van der Waals surface area contributed by atoms with Gasteiger partial charge in [-0.1, -0.05) is 19.1 Å². The second kappa shape index (κ2) is 5.78. The summed E-state index contributed by atoms with van der Waals surface area (Å²) >= 11 is 0. The van der Waals surface area contributed by atoms with Gasteiger partial charge in [-0.2, -0.15) is 0 Å². The van der Waals surface area contributed by atoms with Crippen molar-refractivity contribution >= 4 is 11.0 Å². The van der Waals surface area contributed by atoms with Crippen LogP contribution in [0.25, 0.3) is 11.0 Å². The molecule has 1 saturated carbocycles. The van der Waals surface area contributed by atoms with Crippen molar-refractivity contribution in [2.45, 2.75) is 57.2 Å². The van der Waals surface area contributed by atoms with Crippen molar-refractivity contribution in [2.24, 2.45) is 5.73 Å². The molecule has 1 unspecified atom stereocenters. The maximum Gasteiger partial charge on any atom is 0.111 e. The number of aromatic nitrogens is 2. The Balaban J connectivity index is 1.90. The lowest BCUT2D eigenvalue weighted by molar-refractivity contribution is -0.0901. The summed E-state index contributed by atoms with van der Waals surface area (Å²) in [6, 6.07) is 8.35. The van der Waals surface area contributed by atoms with Crippen molar-refractivity contribution in [3.05, 3.63) is 30.1 Å². The average Bonchev–Trinajstić information content (AvgIpc) is 2.77. The van der Waals surface area contributed by atoms with Gasteiger partial charge < -0.3 is 15.0 Å². The van der Waals surface area contributed by atoms with Gasteiger partial charge in [0.05, 0.1) is 16.6 Å². The standard InChI is InChI=1S/C17H25N3O/c1-3-11-20-14-8-5-4-7-13(14)19-16(20)12-15(18)17(21-2)9-6-10-17/h4-5,7-8,15H,3,6,9-12,18H2,1-2H3. The van der Waals surface area contributed by atoms with E-state index in [4.69, 9.17) is 15.5 Å². The number of methoxy groups -OCH3 is 1. The summed E-state index contributed by atoms with van der Waals surface area (Å²) in [5.74, 6) is 1.09. The second-order valence-corrected chi connectivity index (χ2v) is 6.10. The van der Waals surface area contributed by atoms with E-state index < -0.39 is 0 Å². The number of aryl methyl sites for hydroxylation is 1. The molecule has 1 atom stereocenters. The van der Waals surface area contributed by atoms with E-state index in [1.807, 2.05) is 6.07 Å². The number of nitrogens with zero attached hydrogens (tertiary/aromatic N) is 2. The van der Waals surface area contributed by atoms with Crippen molar-refractivity contribution in [2.75, 3.05) is 7.11 Å². The number of imidazole rings is 1. The van der Waals surface area contributed by atoms with E-state index in [-0.39, 0.29) is 11.6 Å². The molecule has 2 aromatic rings. The maximum absolute atomic E-state index is 6.47. The quantitative estimate of drug-likeness (QED) is 0.889. The SMILES string of the molecule is CCCn1c(CC(N)C2(OC)CCC2)nc2ccccc21. The zero-order valence-corrected chi connectivity index (χ0v) is 13.0. The molecule has 0 saturated heterocycles. The minimum atomic E-state index is -0.130. The number of para-hydroxylation sites is 2. The molecular weight excluding hydrogens is 262 g/mol. The zero-order valence-electron chi connectivity index (χ0n) is 13.0. The van der Waals surface area contributed by atoms with Crippen LogP contribution < -0.4 is 5.73 Å². The third-order valence-electron chi connectivity index (χ3n) is 4.87. The number of fused-ring (bicyclic) bond motifs is 1. The van der Waals surface area contributed by atoms with Crippen molar-refractivity contribution < 1.29 is 4.74 Å². The maximum atomic E-state index is 6.47. The van der Waals surface area contributed by atoms with Crippen molar-refractivity contribution in [3.8, 4) is 0 Å². The molecule has 4 nitrogen and oxygen atoms in total. The van der Waals surface area contributed by atoms with Gasteiger partial charge in [0.25, 0.3) is 0 Å². The first kappa shape index (κ1) is 14.5. The predicted molar refractivity (Wildman–Crippen MR) is 85.3 cm³/mol. The van der Waals surface area contributed by atoms with Gasteiger partial charge in [0, 0.05) is 26.1 Å². The van der Waals surface area contributed by atoms with E-state index in [1.165, 1.54) is 11.9 Å². The van der Waals surface area contributed by atoms with Crippen LogP contribution in [0.1, 0.15) is 38.4 Å². The monoisotopic (exact) mass is 287 g/mol. The molecule has 0 spiro atoms. The molecule has 0 radical (unpaired) electrons. The Bertz CT molecular complexity index is 610. The Morgan fingerprint density at radius 2 is 2.14 bits per heavy atom. The highest BCUT2D eigenvalue weighted by Gasteiger charge is 2.43. The lowest BCUT2D eigenvalue weighted by atomic mass is 9.73. The molecule has 1 heterocycles. The Morgan fingerprint density at radius 1 is 1.38 bits per heavy atom. The Morgan fingerprint density at radius 3 is 2.76 bits per heavy atom. The third-order valence-corrected chi connectivity index (χ3v) is 4.87. The topological polar surface area (TPSA) is 53.1 Å². The van der Waals surface area contributed by atoms with E-state index >= 15 is 0 Å². The van der Waals surface area contributed by atoms with Crippen LogP contribution in [-0.2, 0) is 17.7 Å². The first-order valence-corrected chi connectivity index (χ1v) is 7.95. The van der Waals surface area contributed by atoms with Gasteiger partial charge in [0.15, 0.2) is 0 Å². The molecule has 1 aromatic carbocycles. The zero-order chi connectivity index (χ0) is 14.9. The second-order valence-electron chi connectivity index (χ2n) is 6.10. The molecule has 0 amide bonds. The van der Waals surface area contributed by atoms with Gasteiger partial charge in [0.1, 0.15) is 5.82 Å². The fourth-order valence-electron chi connectivity index (χ4n) is 3.39. The predicted octanol–water partition coefficient (Wildman–Crippen LogP) is 2.89. The number of rotatable bonds is 6. The van der Waals surface area contributed by atoms with Crippen LogP contribution in [0.4, 0.5) is 0 Å². The molecule has 0 aliphatic heterocycles. The first-order valence-electron chi connectivity index (χ1n) is 7.95. The Hall–Kier alpha value is -1.39. The fraction of sp³-hybridized carbons (Fsp3) is 0.588.